The zero-order valence-electron chi connectivity index (χ0n) is 69.3. The van der Waals surface area contributed by atoms with E-state index in [2.05, 4.69) is 148 Å². The molecular formula is C96H167NO8. The average molecular weight is 1460 g/mol. The normalized spacial score (nSPS) is 13.3. The summed E-state index contributed by atoms with van der Waals surface area (Å²) < 4.78 is 22.9. The van der Waals surface area contributed by atoms with E-state index in [-0.39, 0.29) is 32.2 Å². The molecule has 0 heterocycles. The first-order valence-corrected chi connectivity index (χ1v) is 44.3. The number of carbonyl (C=O) groups is 3. The van der Waals surface area contributed by atoms with Crippen LogP contribution in [0, 0.1) is 0 Å². The minimum absolute atomic E-state index is 0.147. The third-order valence-electron chi connectivity index (χ3n) is 19.4. The number of hydrogen-bond donors (Lipinski definition) is 0. The number of ether oxygens (including phenoxy) is 4. The lowest BCUT2D eigenvalue weighted by molar-refractivity contribution is -0.870. The number of unbranched alkanes of at least 4 members (excludes halogenated alkanes) is 45. The van der Waals surface area contributed by atoms with Crippen molar-refractivity contribution in [3.63, 3.8) is 0 Å². The lowest BCUT2D eigenvalue weighted by atomic mass is 10.0. The van der Waals surface area contributed by atoms with Crippen LogP contribution in [-0.4, -0.2) is 82.3 Å². The van der Waals surface area contributed by atoms with Crippen LogP contribution in [0.4, 0.5) is 0 Å². The Balaban J connectivity index is 3.94. The van der Waals surface area contributed by atoms with Gasteiger partial charge in [-0.1, -0.05) is 411 Å². The van der Waals surface area contributed by atoms with Crippen LogP contribution in [0.3, 0.4) is 0 Å². The first-order valence-electron chi connectivity index (χ1n) is 44.3. The first-order chi connectivity index (χ1) is 51.6. The Hall–Kier alpha value is -4.57. The van der Waals surface area contributed by atoms with Crippen molar-refractivity contribution in [3.05, 3.63) is 134 Å². The van der Waals surface area contributed by atoms with Gasteiger partial charge in [-0.05, 0) is 109 Å². The number of hydrogen-bond acceptors (Lipinski definition) is 8. The molecule has 0 fully saturated rings. The number of carbonyl (C=O) groups excluding carboxylic acids is 3. The number of carboxylic acid groups (broad SMARTS) is 1. The molecule has 0 aliphatic carbocycles. The van der Waals surface area contributed by atoms with Crippen molar-refractivity contribution < 1.29 is 42.9 Å². The summed E-state index contributed by atoms with van der Waals surface area (Å²) in [6.07, 6.45) is 120. The molecule has 0 spiro atoms. The molecule has 9 heteroatoms. The summed E-state index contributed by atoms with van der Waals surface area (Å²) in [6.45, 7) is 4.57. The SMILES string of the molecule is CC/C=C\C/C=C\C/C=C\C/C=C\C/C=C\C/C=C\C/C=C\CCCCCCCCCCCCCCCCCCCC(=O)OC(COC(=O)CCCCCCCCCCCCCCCCCCCCCCCCCCCCCC/C=C\C/C=C\C/C=C\C/C=C\CC)COC(OCC[N+](C)(C)C)C(=O)[O-]. The van der Waals surface area contributed by atoms with Crippen molar-refractivity contribution >= 4 is 17.9 Å². The molecule has 0 bridgehead atoms. The number of carboxylic acids is 1. The predicted octanol–water partition coefficient (Wildman–Crippen LogP) is 27.8. The Morgan fingerprint density at radius 1 is 0.286 bits per heavy atom. The third kappa shape index (κ3) is 86.5. The minimum Gasteiger partial charge on any atom is -0.545 e. The highest BCUT2D eigenvalue weighted by Crippen LogP contribution is 2.20. The summed E-state index contributed by atoms with van der Waals surface area (Å²) in [5.74, 6) is -2.26. The quantitative estimate of drug-likeness (QED) is 0.0195. The standard InChI is InChI=1S/C96H167NO8/c1-6-8-10-12-14-16-18-20-22-24-26-28-30-32-34-36-38-40-42-44-46-47-49-50-52-54-56-58-60-62-64-66-68-70-72-74-76-78-80-82-84-86-93(98)103-90-92(91-104-96(95(100)101)102-89-88-97(3,4)5)105-94(99)87-85-83-81-79-77-75-73-71-69-67-65-63-61-59-57-55-53-51-48-45-43-41-39-37-35-33-31-29-27-25-23-21-19-17-15-13-11-9-7-2/h8-11,14-17,20-23,26-29,33,35,39,41,45,48,92,96H,6-7,12-13,18-19,24-25,30-32,34,36-38,40,42-44,46-47,49-91H2,1-5H3/b10-8-,11-9-,16-14-,17-15-,22-20-,23-21-,28-26-,29-27-,35-33-,41-39-,48-45-. The van der Waals surface area contributed by atoms with E-state index in [1.54, 1.807) is 0 Å². The monoisotopic (exact) mass is 1460 g/mol. The molecule has 0 saturated carbocycles. The Kier molecular flexibility index (Phi) is 81.3. The number of esters is 2. The molecule has 0 N–H and O–H groups in total. The van der Waals surface area contributed by atoms with Gasteiger partial charge in [0.1, 0.15) is 13.2 Å². The van der Waals surface area contributed by atoms with Gasteiger partial charge in [0, 0.05) is 12.8 Å². The van der Waals surface area contributed by atoms with Gasteiger partial charge in [-0.15, -0.1) is 0 Å². The molecular weight excluding hydrogens is 1300 g/mol. The maximum Gasteiger partial charge on any atom is 0.306 e. The van der Waals surface area contributed by atoms with Gasteiger partial charge >= 0.3 is 11.9 Å². The van der Waals surface area contributed by atoms with Crippen LogP contribution in [0.25, 0.3) is 0 Å². The maximum atomic E-state index is 13.0. The highest BCUT2D eigenvalue weighted by molar-refractivity contribution is 5.70. The Bertz CT molecular complexity index is 2200. The number of aliphatic carboxylic acids is 1. The van der Waals surface area contributed by atoms with E-state index in [4.69, 9.17) is 18.9 Å². The Labute approximate surface area is 650 Å². The molecule has 0 radical (unpaired) electrons. The number of rotatable bonds is 82. The fraction of sp³-hybridized carbons (Fsp3) is 0.740. The van der Waals surface area contributed by atoms with Crippen molar-refractivity contribution in [1.29, 1.82) is 0 Å². The number of likely N-dealkylation sites (N-methyl/N-ethyl adjacent to an activating group) is 1. The van der Waals surface area contributed by atoms with Crippen molar-refractivity contribution in [3.8, 4) is 0 Å². The van der Waals surface area contributed by atoms with Crippen LogP contribution >= 0.6 is 0 Å². The summed E-state index contributed by atoms with van der Waals surface area (Å²) >= 11 is 0. The van der Waals surface area contributed by atoms with Crippen LogP contribution in [-0.2, 0) is 33.3 Å². The summed E-state index contributed by atoms with van der Waals surface area (Å²) in [7, 11) is 5.95. The number of nitrogens with zero attached hydrogens (tertiary/aromatic N) is 1. The van der Waals surface area contributed by atoms with Gasteiger partial charge in [-0.3, -0.25) is 9.59 Å². The zero-order valence-corrected chi connectivity index (χ0v) is 69.3. The van der Waals surface area contributed by atoms with Gasteiger partial charge in [0.05, 0.1) is 40.3 Å². The van der Waals surface area contributed by atoms with E-state index in [0.717, 1.165) is 103 Å². The molecule has 0 rings (SSSR count). The van der Waals surface area contributed by atoms with Crippen molar-refractivity contribution in [2.75, 3.05) is 47.5 Å². The summed E-state index contributed by atoms with van der Waals surface area (Å²) in [5.41, 5.74) is 0. The van der Waals surface area contributed by atoms with Crippen molar-refractivity contribution in [1.82, 2.24) is 0 Å². The molecule has 0 amide bonds. The van der Waals surface area contributed by atoms with Gasteiger partial charge in [0.2, 0.25) is 0 Å². The molecule has 2 unspecified atom stereocenters. The highest BCUT2D eigenvalue weighted by Gasteiger charge is 2.22. The zero-order chi connectivity index (χ0) is 76.0. The molecule has 2 atom stereocenters. The fourth-order valence-electron chi connectivity index (χ4n) is 12.8. The number of quaternary nitrogens is 1. The van der Waals surface area contributed by atoms with Crippen LogP contribution in [0.2, 0.25) is 0 Å². The molecule has 0 aliphatic heterocycles. The highest BCUT2D eigenvalue weighted by atomic mass is 16.7. The topological polar surface area (TPSA) is 111 Å². The average Bonchev–Trinajstić information content (AvgIpc) is 1.97. The molecule has 0 aromatic carbocycles. The van der Waals surface area contributed by atoms with Gasteiger partial charge in [0.25, 0.3) is 0 Å². The molecule has 9 nitrogen and oxygen atoms in total. The second-order valence-electron chi connectivity index (χ2n) is 30.8. The molecule has 604 valence electrons. The van der Waals surface area contributed by atoms with Crippen molar-refractivity contribution in [2.24, 2.45) is 0 Å². The summed E-state index contributed by atoms with van der Waals surface area (Å²) in [6, 6.07) is 0. The molecule has 0 aromatic heterocycles. The van der Waals surface area contributed by atoms with E-state index >= 15 is 0 Å². The largest absolute Gasteiger partial charge is 0.545 e. The van der Waals surface area contributed by atoms with Crippen LogP contribution in [0.15, 0.2) is 134 Å². The Morgan fingerprint density at radius 2 is 0.514 bits per heavy atom. The fourth-order valence-corrected chi connectivity index (χ4v) is 12.8. The second kappa shape index (κ2) is 85.0. The van der Waals surface area contributed by atoms with Crippen LogP contribution < -0.4 is 5.11 Å². The molecule has 0 aromatic rings. The van der Waals surface area contributed by atoms with Gasteiger partial charge < -0.3 is 33.3 Å². The number of allylic oxidation sites excluding steroid dienone is 22. The smallest absolute Gasteiger partial charge is 0.306 e. The molecule has 105 heavy (non-hydrogen) atoms. The molecule has 0 saturated heterocycles. The third-order valence-corrected chi connectivity index (χ3v) is 19.4. The van der Waals surface area contributed by atoms with Crippen LogP contribution in [0.5, 0.6) is 0 Å². The van der Waals surface area contributed by atoms with E-state index in [9.17, 15) is 19.5 Å². The van der Waals surface area contributed by atoms with E-state index in [1.165, 1.54) is 263 Å². The van der Waals surface area contributed by atoms with Gasteiger partial charge in [0.15, 0.2) is 12.4 Å². The van der Waals surface area contributed by atoms with E-state index < -0.39 is 24.3 Å². The van der Waals surface area contributed by atoms with E-state index in [1.807, 2.05) is 21.1 Å². The molecule has 0 aliphatic rings. The van der Waals surface area contributed by atoms with Gasteiger partial charge in [-0.2, -0.15) is 0 Å². The second-order valence-corrected chi connectivity index (χ2v) is 30.8. The lowest BCUT2D eigenvalue weighted by Gasteiger charge is -2.26. The summed E-state index contributed by atoms with van der Waals surface area (Å²) in [4.78, 5) is 37.7. The van der Waals surface area contributed by atoms with Crippen molar-refractivity contribution in [2.45, 2.75) is 411 Å². The van der Waals surface area contributed by atoms with Crippen LogP contribution in [0.1, 0.15) is 399 Å². The maximum absolute atomic E-state index is 13.0. The lowest BCUT2D eigenvalue weighted by Crippen LogP contribution is -2.44. The Morgan fingerprint density at radius 3 is 0.762 bits per heavy atom. The van der Waals surface area contributed by atoms with E-state index in [0.29, 0.717) is 23.9 Å². The summed E-state index contributed by atoms with van der Waals surface area (Å²) in [5, 5.41) is 11.9. The predicted molar refractivity (Wildman–Crippen MR) is 453 cm³/mol. The van der Waals surface area contributed by atoms with Gasteiger partial charge in [-0.25, -0.2) is 0 Å². The first kappa shape index (κ1) is 100. The minimum atomic E-state index is -1.63.